The Morgan fingerprint density at radius 2 is 2.07 bits per heavy atom. The van der Waals surface area contributed by atoms with Gasteiger partial charge < -0.3 is 9.84 Å². The normalized spacial score (nSPS) is 10.9. The molecule has 0 saturated heterocycles. The molecule has 0 fully saturated rings. The van der Waals surface area contributed by atoms with Gasteiger partial charge in [-0.25, -0.2) is 13.2 Å². The van der Waals surface area contributed by atoms with E-state index in [1.807, 2.05) is 0 Å². The molecule has 0 spiro atoms. The van der Waals surface area contributed by atoms with Crippen LogP contribution in [0, 0.1) is 0 Å². The Bertz CT molecular complexity index is 449. The molecule has 0 aliphatic carbocycles. The van der Waals surface area contributed by atoms with E-state index >= 15 is 0 Å². The minimum absolute atomic E-state index is 0.0135. The van der Waals surface area contributed by atoms with Crippen LogP contribution in [0.1, 0.15) is 0 Å². The number of hydrogen-bond donors (Lipinski definition) is 1. The van der Waals surface area contributed by atoms with Crippen LogP contribution < -0.4 is 4.74 Å². The molecule has 1 rings (SSSR count). The maximum absolute atomic E-state index is 11.1. The van der Waals surface area contributed by atoms with Gasteiger partial charge in [-0.2, -0.15) is 0 Å². The van der Waals surface area contributed by atoms with Gasteiger partial charge in [0.25, 0.3) is 0 Å². The third-order valence-corrected chi connectivity index (χ3v) is 2.55. The number of carbonyl (C=O) groups is 1. The molecule has 6 heteroatoms. The molecule has 0 radical (unpaired) electrons. The van der Waals surface area contributed by atoms with Gasteiger partial charge in [0, 0.05) is 6.26 Å². The first-order valence-electron chi connectivity index (χ1n) is 3.60. The van der Waals surface area contributed by atoms with E-state index in [1.54, 1.807) is 0 Å². The Hall–Kier alpha value is -1.56. The fourth-order valence-electron chi connectivity index (χ4n) is 0.869. The van der Waals surface area contributed by atoms with Gasteiger partial charge in [0.05, 0.1) is 4.90 Å². The van der Waals surface area contributed by atoms with Crippen LogP contribution in [-0.2, 0) is 9.84 Å². The molecule has 14 heavy (non-hydrogen) atoms. The Labute approximate surface area is 80.9 Å². The maximum atomic E-state index is 11.1. The summed E-state index contributed by atoms with van der Waals surface area (Å²) in [5.74, 6) is -0.0135. The fourth-order valence-corrected chi connectivity index (χ4v) is 1.53. The summed E-state index contributed by atoms with van der Waals surface area (Å²) in [6.07, 6.45) is -0.442. The highest BCUT2D eigenvalue weighted by molar-refractivity contribution is 7.90. The summed E-state index contributed by atoms with van der Waals surface area (Å²) in [5.41, 5.74) is 0. The van der Waals surface area contributed by atoms with Crippen LogP contribution in [0.25, 0.3) is 0 Å². The Balaban J connectivity index is 3.08. The predicted octanol–water partition coefficient (Wildman–Crippen LogP) is 1.15. The van der Waals surface area contributed by atoms with Gasteiger partial charge in [0.2, 0.25) is 0 Å². The third-order valence-electron chi connectivity index (χ3n) is 1.44. The minimum atomic E-state index is -3.33. The van der Waals surface area contributed by atoms with Gasteiger partial charge in [0.15, 0.2) is 9.84 Å². The van der Waals surface area contributed by atoms with Gasteiger partial charge in [-0.05, 0) is 18.2 Å². The molecule has 1 aromatic rings. The second kappa shape index (κ2) is 3.67. The number of benzene rings is 1. The van der Waals surface area contributed by atoms with Crippen LogP contribution in [0.5, 0.6) is 5.75 Å². The van der Waals surface area contributed by atoms with Gasteiger partial charge in [0.1, 0.15) is 5.75 Å². The molecule has 1 N–H and O–H groups in total. The maximum Gasteiger partial charge on any atom is 0.511 e. The Kier molecular flexibility index (Phi) is 2.76. The quantitative estimate of drug-likeness (QED) is 0.592. The lowest BCUT2D eigenvalue weighted by Crippen LogP contribution is -2.04. The first-order chi connectivity index (χ1) is 6.39. The molecule has 1 aromatic carbocycles. The largest absolute Gasteiger partial charge is 0.511 e. The van der Waals surface area contributed by atoms with Crippen molar-refractivity contribution in [3.63, 3.8) is 0 Å². The van der Waals surface area contributed by atoms with E-state index < -0.39 is 16.0 Å². The lowest BCUT2D eigenvalue weighted by molar-refractivity contribution is 0.144. The highest BCUT2D eigenvalue weighted by Gasteiger charge is 2.09. The van der Waals surface area contributed by atoms with Gasteiger partial charge in [-0.15, -0.1) is 0 Å². The molecular weight excluding hydrogens is 208 g/mol. The smallest absolute Gasteiger partial charge is 0.449 e. The topological polar surface area (TPSA) is 80.7 Å². The number of hydrogen-bond acceptors (Lipinski definition) is 4. The summed E-state index contributed by atoms with van der Waals surface area (Å²) in [5, 5.41) is 8.29. The molecule has 0 bridgehead atoms. The van der Waals surface area contributed by atoms with Gasteiger partial charge in [-0.1, -0.05) is 6.07 Å². The van der Waals surface area contributed by atoms with Crippen LogP contribution in [-0.4, -0.2) is 25.9 Å². The lowest BCUT2D eigenvalue weighted by atomic mass is 10.3. The summed E-state index contributed by atoms with van der Waals surface area (Å²) in [6.45, 7) is 0. The van der Waals surface area contributed by atoms with Crippen molar-refractivity contribution in [2.45, 2.75) is 4.90 Å². The zero-order chi connectivity index (χ0) is 10.8. The van der Waals surface area contributed by atoms with Crippen molar-refractivity contribution >= 4 is 16.0 Å². The van der Waals surface area contributed by atoms with Crippen molar-refractivity contribution in [2.24, 2.45) is 0 Å². The molecule has 0 heterocycles. The Morgan fingerprint density at radius 1 is 1.43 bits per heavy atom. The van der Waals surface area contributed by atoms with E-state index in [-0.39, 0.29) is 10.6 Å². The van der Waals surface area contributed by atoms with Crippen LogP contribution >= 0.6 is 0 Å². The predicted molar refractivity (Wildman–Crippen MR) is 48.2 cm³/mol. The van der Waals surface area contributed by atoms with Crippen LogP contribution in [0.3, 0.4) is 0 Å². The van der Waals surface area contributed by atoms with E-state index in [2.05, 4.69) is 4.74 Å². The monoisotopic (exact) mass is 216 g/mol. The minimum Gasteiger partial charge on any atom is -0.449 e. The third kappa shape index (κ3) is 2.74. The first kappa shape index (κ1) is 10.5. The van der Waals surface area contributed by atoms with Crippen molar-refractivity contribution in [1.82, 2.24) is 0 Å². The number of sulfone groups is 1. The van der Waals surface area contributed by atoms with E-state index in [1.165, 1.54) is 18.2 Å². The fraction of sp³-hybridized carbons (Fsp3) is 0.125. The van der Waals surface area contributed by atoms with E-state index in [0.29, 0.717) is 0 Å². The van der Waals surface area contributed by atoms with Gasteiger partial charge in [-0.3, -0.25) is 0 Å². The van der Waals surface area contributed by atoms with Crippen molar-refractivity contribution < 1.29 is 23.1 Å². The molecule has 0 aliphatic heterocycles. The van der Waals surface area contributed by atoms with Crippen LogP contribution in [0.4, 0.5) is 4.79 Å². The zero-order valence-corrected chi connectivity index (χ0v) is 8.11. The van der Waals surface area contributed by atoms with Gasteiger partial charge >= 0.3 is 6.16 Å². The number of rotatable bonds is 2. The summed E-state index contributed by atoms with van der Waals surface area (Å²) < 4.78 is 26.4. The zero-order valence-electron chi connectivity index (χ0n) is 7.30. The summed E-state index contributed by atoms with van der Waals surface area (Å²) in [7, 11) is -3.33. The average molecular weight is 216 g/mol. The first-order valence-corrected chi connectivity index (χ1v) is 5.49. The highest BCUT2D eigenvalue weighted by atomic mass is 32.2. The molecule has 0 atom stereocenters. The summed E-state index contributed by atoms with van der Waals surface area (Å²) in [4.78, 5) is 10.2. The Morgan fingerprint density at radius 3 is 2.57 bits per heavy atom. The van der Waals surface area contributed by atoms with Crippen molar-refractivity contribution in [1.29, 1.82) is 0 Å². The van der Waals surface area contributed by atoms with E-state index in [9.17, 15) is 13.2 Å². The van der Waals surface area contributed by atoms with Crippen LogP contribution in [0.15, 0.2) is 29.2 Å². The molecule has 0 amide bonds. The second-order valence-electron chi connectivity index (χ2n) is 2.61. The second-order valence-corrected chi connectivity index (χ2v) is 4.63. The lowest BCUT2D eigenvalue weighted by Gasteiger charge is -2.01. The van der Waals surface area contributed by atoms with E-state index in [0.717, 1.165) is 12.3 Å². The summed E-state index contributed by atoms with van der Waals surface area (Å²) >= 11 is 0. The molecule has 5 nitrogen and oxygen atoms in total. The molecule has 0 saturated carbocycles. The summed E-state index contributed by atoms with van der Waals surface area (Å²) in [6, 6.07) is 5.30. The number of carboxylic acid groups (broad SMARTS) is 1. The van der Waals surface area contributed by atoms with E-state index in [4.69, 9.17) is 5.11 Å². The SMILES string of the molecule is CS(=O)(=O)c1cccc(OC(=O)O)c1. The van der Waals surface area contributed by atoms with Crippen molar-refractivity contribution in [3.8, 4) is 5.75 Å². The van der Waals surface area contributed by atoms with Crippen molar-refractivity contribution in [3.05, 3.63) is 24.3 Å². The molecule has 0 aliphatic rings. The molecule has 0 aromatic heterocycles. The van der Waals surface area contributed by atoms with Crippen LogP contribution in [0.2, 0.25) is 0 Å². The number of ether oxygens (including phenoxy) is 1. The molecule has 0 unspecified atom stereocenters. The van der Waals surface area contributed by atoms with Crippen molar-refractivity contribution in [2.75, 3.05) is 6.26 Å². The molecular formula is C8H8O5S. The molecule has 76 valence electrons. The average Bonchev–Trinajstić information content (AvgIpc) is 2.01. The standard InChI is InChI=1S/C8H8O5S/c1-14(11,12)7-4-2-3-6(5-7)13-8(9)10/h2-5H,1H3,(H,9,10). The highest BCUT2D eigenvalue weighted by Crippen LogP contribution is 2.17.